The summed E-state index contributed by atoms with van der Waals surface area (Å²) in [7, 11) is 0. The van der Waals surface area contributed by atoms with Crippen molar-refractivity contribution in [2.75, 3.05) is 11.4 Å². The molecule has 1 aliphatic rings. The Bertz CT molecular complexity index is 413. The number of nitrogens with zero attached hydrogens (tertiary/aromatic N) is 2. The molecule has 1 aromatic rings. The van der Waals surface area contributed by atoms with E-state index < -0.39 is 0 Å². The predicted octanol–water partition coefficient (Wildman–Crippen LogP) is 3.00. The molecule has 0 radical (unpaired) electrons. The van der Waals surface area contributed by atoms with Gasteiger partial charge in [-0.25, -0.2) is 4.98 Å². The molecule has 15 heavy (non-hydrogen) atoms. The molecule has 80 valence electrons. The number of halogens is 3. The highest BCUT2D eigenvalue weighted by molar-refractivity contribution is 9.10. The molecule has 6 heteroatoms. The number of hydrogen-bond donors (Lipinski definition) is 0. The first kappa shape index (κ1) is 11.4. The lowest BCUT2D eigenvalue weighted by Gasteiger charge is -2.14. The molecule has 2 rings (SSSR count). The Labute approximate surface area is 109 Å². The topological polar surface area (TPSA) is 33.2 Å². The van der Waals surface area contributed by atoms with Crippen LogP contribution in [0.4, 0.5) is 5.82 Å². The van der Waals surface area contributed by atoms with Crippen LogP contribution in [-0.2, 0) is 4.79 Å². The molecular weight excluding hydrogens is 347 g/mol. The van der Waals surface area contributed by atoms with Crippen molar-refractivity contribution >= 4 is 55.2 Å². The molecule has 0 aromatic carbocycles. The van der Waals surface area contributed by atoms with Crippen LogP contribution in [0.15, 0.2) is 16.7 Å². The van der Waals surface area contributed by atoms with Gasteiger partial charge in [0.1, 0.15) is 5.82 Å². The Morgan fingerprint density at radius 2 is 2.33 bits per heavy atom. The van der Waals surface area contributed by atoms with Gasteiger partial charge in [0, 0.05) is 28.5 Å². The van der Waals surface area contributed by atoms with E-state index in [1.54, 1.807) is 11.0 Å². The van der Waals surface area contributed by atoms with Crippen molar-refractivity contribution in [2.45, 2.75) is 11.2 Å². The maximum Gasteiger partial charge on any atom is 0.229 e. The quantitative estimate of drug-likeness (QED) is 0.727. The third kappa shape index (κ3) is 2.34. The smallest absolute Gasteiger partial charge is 0.229 e. The molecule has 0 saturated carbocycles. The summed E-state index contributed by atoms with van der Waals surface area (Å²) in [5.41, 5.74) is 0. The predicted molar refractivity (Wildman–Crippen MR) is 66.6 cm³/mol. The number of pyridine rings is 1. The van der Waals surface area contributed by atoms with Crippen molar-refractivity contribution in [3.05, 3.63) is 21.8 Å². The Hall–Kier alpha value is -0.130. The van der Waals surface area contributed by atoms with Crippen LogP contribution in [0, 0.1) is 0 Å². The van der Waals surface area contributed by atoms with Crippen LogP contribution < -0.4 is 4.90 Å². The van der Waals surface area contributed by atoms with Gasteiger partial charge in [-0.15, -0.1) is 0 Å². The second-order valence-electron chi connectivity index (χ2n) is 3.26. The number of carbonyl (C=O) groups is 1. The number of hydrogen-bond acceptors (Lipinski definition) is 2. The van der Waals surface area contributed by atoms with Crippen LogP contribution in [0.25, 0.3) is 0 Å². The molecule has 1 aromatic heterocycles. The van der Waals surface area contributed by atoms with Crippen LogP contribution in [-0.4, -0.2) is 22.3 Å². The van der Waals surface area contributed by atoms with Crippen LogP contribution >= 0.6 is 43.5 Å². The minimum Gasteiger partial charge on any atom is -0.296 e. The Kier molecular flexibility index (Phi) is 3.33. The third-order valence-electron chi connectivity index (χ3n) is 2.15. The highest BCUT2D eigenvalue weighted by Gasteiger charge is 2.29. The molecule has 0 aliphatic carbocycles. The first-order valence-electron chi connectivity index (χ1n) is 4.33. The van der Waals surface area contributed by atoms with E-state index in [9.17, 15) is 4.79 Å². The van der Waals surface area contributed by atoms with Crippen LogP contribution in [0.1, 0.15) is 6.42 Å². The maximum atomic E-state index is 11.6. The van der Waals surface area contributed by atoms with Crippen LogP contribution in [0.5, 0.6) is 0 Å². The van der Waals surface area contributed by atoms with E-state index in [0.29, 0.717) is 23.8 Å². The van der Waals surface area contributed by atoms with E-state index in [1.807, 2.05) is 0 Å². The second kappa shape index (κ2) is 4.39. The molecule has 1 aliphatic heterocycles. The maximum absolute atomic E-state index is 11.6. The fraction of sp³-hybridized carbons (Fsp3) is 0.333. The van der Waals surface area contributed by atoms with E-state index in [4.69, 9.17) is 11.6 Å². The Balaban J connectivity index is 2.30. The van der Waals surface area contributed by atoms with Gasteiger partial charge in [0.05, 0.1) is 5.02 Å². The molecule has 1 amide bonds. The average molecular weight is 354 g/mol. The highest BCUT2D eigenvalue weighted by atomic mass is 79.9. The van der Waals surface area contributed by atoms with Crippen molar-refractivity contribution < 1.29 is 4.79 Å². The fourth-order valence-electron chi connectivity index (χ4n) is 1.44. The van der Waals surface area contributed by atoms with Crippen molar-refractivity contribution in [1.29, 1.82) is 0 Å². The van der Waals surface area contributed by atoms with E-state index >= 15 is 0 Å². The number of rotatable bonds is 1. The number of anilines is 1. The minimum atomic E-state index is 0.0820. The summed E-state index contributed by atoms with van der Waals surface area (Å²) in [5, 5.41) is 0.542. The molecule has 3 nitrogen and oxygen atoms in total. The normalized spacial score (nSPS) is 21.1. The monoisotopic (exact) mass is 352 g/mol. The fourth-order valence-corrected chi connectivity index (χ4v) is 2.41. The standard InChI is InChI=1S/C9H7Br2ClN2O/c10-5-1-9(15)14(4-5)8-2-6(11)7(12)3-13-8/h2-3,5H,1,4H2. The number of aromatic nitrogens is 1. The summed E-state index contributed by atoms with van der Waals surface area (Å²) >= 11 is 12.6. The molecule has 1 atom stereocenters. The van der Waals surface area contributed by atoms with Gasteiger partial charge in [-0.2, -0.15) is 0 Å². The van der Waals surface area contributed by atoms with Gasteiger partial charge in [0.25, 0.3) is 0 Å². The molecular formula is C9H7Br2ClN2O. The first-order chi connectivity index (χ1) is 7.08. The molecule has 1 saturated heterocycles. The first-order valence-corrected chi connectivity index (χ1v) is 6.42. The molecule has 2 heterocycles. The summed E-state index contributed by atoms with van der Waals surface area (Å²) in [6, 6.07) is 1.76. The largest absolute Gasteiger partial charge is 0.296 e. The molecule has 1 unspecified atom stereocenters. The second-order valence-corrected chi connectivity index (χ2v) is 5.82. The number of amides is 1. The Morgan fingerprint density at radius 3 is 2.87 bits per heavy atom. The van der Waals surface area contributed by atoms with Gasteiger partial charge in [0.15, 0.2) is 0 Å². The van der Waals surface area contributed by atoms with E-state index in [-0.39, 0.29) is 10.7 Å². The highest BCUT2D eigenvalue weighted by Crippen LogP contribution is 2.28. The lowest BCUT2D eigenvalue weighted by atomic mass is 10.4. The van der Waals surface area contributed by atoms with Crippen molar-refractivity contribution in [3.8, 4) is 0 Å². The van der Waals surface area contributed by atoms with E-state index in [1.165, 1.54) is 6.20 Å². The van der Waals surface area contributed by atoms with Gasteiger partial charge in [-0.05, 0) is 22.0 Å². The van der Waals surface area contributed by atoms with Crippen molar-refractivity contribution in [3.63, 3.8) is 0 Å². The zero-order valence-electron chi connectivity index (χ0n) is 7.58. The number of carbonyl (C=O) groups excluding carboxylic acids is 1. The lowest BCUT2D eigenvalue weighted by molar-refractivity contribution is -0.117. The summed E-state index contributed by atoms with van der Waals surface area (Å²) in [5.74, 6) is 0.719. The van der Waals surface area contributed by atoms with Gasteiger partial charge in [-0.3, -0.25) is 9.69 Å². The summed E-state index contributed by atoms with van der Waals surface area (Å²) < 4.78 is 0.750. The van der Waals surface area contributed by atoms with E-state index in [0.717, 1.165) is 4.47 Å². The summed E-state index contributed by atoms with van der Waals surface area (Å²) in [4.78, 5) is 17.6. The van der Waals surface area contributed by atoms with Gasteiger partial charge >= 0.3 is 0 Å². The summed E-state index contributed by atoms with van der Waals surface area (Å²) in [6.07, 6.45) is 2.05. The lowest BCUT2D eigenvalue weighted by Crippen LogP contribution is -2.25. The average Bonchev–Trinajstić information content (AvgIpc) is 2.50. The van der Waals surface area contributed by atoms with Crippen LogP contribution in [0.3, 0.4) is 0 Å². The minimum absolute atomic E-state index is 0.0820. The van der Waals surface area contributed by atoms with Gasteiger partial charge < -0.3 is 0 Å². The SMILES string of the molecule is O=C1CC(Br)CN1c1cc(Br)c(Cl)cn1. The van der Waals surface area contributed by atoms with E-state index in [2.05, 4.69) is 36.8 Å². The molecule has 0 spiro atoms. The zero-order chi connectivity index (χ0) is 11.0. The zero-order valence-corrected chi connectivity index (χ0v) is 11.5. The van der Waals surface area contributed by atoms with Crippen molar-refractivity contribution in [1.82, 2.24) is 4.98 Å². The third-order valence-corrected chi connectivity index (χ3v) is 3.95. The van der Waals surface area contributed by atoms with Gasteiger partial charge in [-0.1, -0.05) is 27.5 Å². The summed E-state index contributed by atoms with van der Waals surface area (Å²) in [6.45, 7) is 0.653. The Morgan fingerprint density at radius 1 is 1.60 bits per heavy atom. The van der Waals surface area contributed by atoms with Gasteiger partial charge in [0.2, 0.25) is 5.91 Å². The molecule has 1 fully saturated rings. The van der Waals surface area contributed by atoms with Crippen LogP contribution in [0.2, 0.25) is 5.02 Å². The molecule has 0 bridgehead atoms. The van der Waals surface area contributed by atoms with Crippen molar-refractivity contribution in [2.24, 2.45) is 0 Å². The molecule has 0 N–H and O–H groups in total. The number of alkyl halides is 1.